The van der Waals surface area contributed by atoms with E-state index in [2.05, 4.69) is 0 Å². The van der Waals surface area contributed by atoms with Crippen LogP contribution >= 0.6 is 0 Å². The van der Waals surface area contributed by atoms with Crippen molar-refractivity contribution in [2.45, 2.75) is 61.4 Å². The predicted molar refractivity (Wildman–Crippen MR) is 97.8 cm³/mol. The first-order chi connectivity index (χ1) is 14.7. The molecule has 31 heavy (non-hydrogen) atoms. The van der Waals surface area contributed by atoms with E-state index in [1.807, 2.05) is 0 Å². The number of ether oxygens (including phenoxy) is 4. The Balaban J connectivity index is 1.72. The second-order valence-corrected chi connectivity index (χ2v) is 7.35. The number of carbonyl (C=O) groups excluding carboxylic acids is 1. The van der Waals surface area contributed by atoms with Gasteiger partial charge >= 0.3 is 5.97 Å². The van der Waals surface area contributed by atoms with E-state index in [9.17, 15) is 40.5 Å². The van der Waals surface area contributed by atoms with Crippen molar-refractivity contribution >= 4 is 5.97 Å². The van der Waals surface area contributed by atoms with Crippen molar-refractivity contribution in [2.75, 3.05) is 13.2 Å². The van der Waals surface area contributed by atoms with Gasteiger partial charge < -0.3 is 54.7 Å². The van der Waals surface area contributed by atoms with Gasteiger partial charge in [-0.15, -0.1) is 0 Å². The van der Waals surface area contributed by atoms with E-state index in [0.29, 0.717) is 5.56 Å². The zero-order chi connectivity index (χ0) is 22.8. The molecule has 0 amide bonds. The second kappa shape index (κ2) is 9.83. The molecule has 2 saturated heterocycles. The summed E-state index contributed by atoms with van der Waals surface area (Å²) in [5, 5.41) is 69.6. The summed E-state index contributed by atoms with van der Waals surface area (Å²) in [5.41, 5.74) is 0.653. The summed E-state index contributed by atoms with van der Waals surface area (Å²) in [5.74, 6) is -3.39. The minimum absolute atomic E-state index is 0.150. The fourth-order valence-corrected chi connectivity index (χ4v) is 3.42. The van der Waals surface area contributed by atoms with Crippen molar-refractivity contribution in [1.82, 2.24) is 0 Å². The molecule has 0 spiro atoms. The maximum atomic E-state index is 12.4. The molecule has 0 aromatic heterocycles. The average molecular weight is 446 g/mol. The Morgan fingerprint density at radius 1 is 0.968 bits per heavy atom. The number of benzene rings is 1. The maximum Gasteiger partial charge on any atom is 0.338 e. The maximum absolute atomic E-state index is 12.4. The van der Waals surface area contributed by atoms with Crippen molar-refractivity contribution in [3.05, 3.63) is 35.9 Å². The molecular weight excluding hydrogens is 420 g/mol. The van der Waals surface area contributed by atoms with E-state index < -0.39 is 74.0 Å². The van der Waals surface area contributed by atoms with Crippen LogP contribution < -0.4 is 0 Å². The van der Waals surface area contributed by atoms with Gasteiger partial charge in [-0.25, -0.2) is 4.79 Å². The van der Waals surface area contributed by atoms with Crippen LogP contribution in [0, 0.1) is 0 Å². The van der Waals surface area contributed by atoms with Crippen LogP contribution in [0.2, 0.25) is 0 Å². The Morgan fingerprint density at radius 3 is 2.23 bits per heavy atom. The number of carbonyl (C=O) groups is 1. The highest BCUT2D eigenvalue weighted by Gasteiger charge is 2.59. The third-order valence-corrected chi connectivity index (χ3v) is 5.25. The van der Waals surface area contributed by atoms with Crippen LogP contribution in [0.5, 0.6) is 0 Å². The molecule has 9 atom stereocenters. The normalized spacial score (nSPS) is 40.6. The molecule has 3 rings (SSSR count). The monoisotopic (exact) mass is 446 g/mol. The molecule has 2 aliphatic rings. The Hall–Kier alpha value is -1.71. The molecule has 12 nitrogen and oxygen atoms in total. The van der Waals surface area contributed by atoms with Gasteiger partial charge in [-0.05, 0) is 5.56 Å². The van der Waals surface area contributed by atoms with Crippen molar-refractivity contribution in [2.24, 2.45) is 0 Å². The van der Waals surface area contributed by atoms with Gasteiger partial charge in [-0.3, -0.25) is 0 Å². The largest absolute Gasteiger partial charge is 0.459 e. The summed E-state index contributed by atoms with van der Waals surface area (Å²) in [6, 6.07) is 8.63. The van der Waals surface area contributed by atoms with Gasteiger partial charge in [0.1, 0.15) is 49.8 Å². The van der Waals surface area contributed by atoms with Crippen molar-refractivity contribution in [3.8, 4) is 0 Å². The molecule has 2 aliphatic heterocycles. The molecule has 174 valence electrons. The molecule has 0 unspecified atom stereocenters. The highest BCUT2D eigenvalue weighted by atomic mass is 16.8. The van der Waals surface area contributed by atoms with E-state index in [-0.39, 0.29) is 6.61 Å². The molecule has 0 radical (unpaired) electrons. The second-order valence-electron chi connectivity index (χ2n) is 7.35. The van der Waals surface area contributed by atoms with Gasteiger partial charge in [0.25, 0.3) is 0 Å². The van der Waals surface area contributed by atoms with Crippen molar-refractivity contribution < 1.29 is 59.5 Å². The first kappa shape index (κ1) is 23.9. The quantitative estimate of drug-likeness (QED) is 0.203. The van der Waals surface area contributed by atoms with Crippen LogP contribution in [0.4, 0.5) is 0 Å². The minimum Gasteiger partial charge on any atom is -0.459 e. The van der Waals surface area contributed by atoms with Crippen LogP contribution in [-0.2, 0) is 30.3 Å². The summed E-state index contributed by atoms with van der Waals surface area (Å²) < 4.78 is 20.9. The molecule has 0 saturated carbocycles. The number of aliphatic hydroxyl groups excluding tert-OH is 7. The first-order valence-corrected chi connectivity index (χ1v) is 9.57. The molecule has 0 bridgehead atoms. The van der Waals surface area contributed by atoms with Crippen molar-refractivity contribution in [1.29, 1.82) is 0 Å². The lowest BCUT2D eigenvalue weighted by molar-refractivity contribution is -0.379. The third kappa shape index (κ3) is 4.73. The number of hydrogen-bond donors (Lipinski definition) is 7. The van der Waals surface area contributed by atoms with Gasteiger partial charge in [-0.1, -0.05) is 30.3 Å². The summed E-state index contributed by atoms with van der Waals surface area (Å²) in [7, 11) is 0. The first-order valence-electron chi connectivity index (χ1n) is 9.57. The van der Waals surface area contributed by atoms with Gasteiger partial charge in [0.15, 0.2) is 12.4 Å². The number of hydrogen-bond acceptors (Lipinski definition) is 12. The molecular formula is C19H26O12. The lowest BCUT2D eigenvalue weighted by atomic mass is 9.98. The van der Waals surface area contributed by atoms with Crippen molar-refractivity contribution in [3.63, 3.8) is 0 Å². The summed E-state index contributed by atoms with van der Waals surface area (Å²) in [4.78, 5) is 12.4. The van der Waals surface area contributed by atoms with Gasteiger partial charge in [-0.2, -0.15) is 0 Å². The van der Waals surface area contributed by atoms with E-state index in [1.54, 1.807) is 30.3 Å². The predicted octanol–water partition coefficient (Wildman–Crippen LogP) is -3.64. The average Bonchev–Trinajstić information content (AvgIpc) is 3.03. The molecule has 0 aliphatic carbocycles. The standard InChI is InChI=1S/C19H26O12/c20-6-10-11(22)16(26)19(8-21,30-10)31-18-14(25)12(23)13(24)15(29-18)17(27)28-7-9-4-2-1-3-5-9/h1-5,10-16,18,20-26H,6-8H2/t10-,11-,12+,13-,14-,15+,16+,18-,19+/m1/s1. The van der Waals surface area contributed by atoms with Gasteiger partial charge in [0.2, 0.25) is 5.79 Å². The van der Waals surface area contributed by atoms with Gasteiger partial charge in [0.05, 0.1) is 6.61 Å². The van der Waals surface area contributed by atoms with E-state index >= 15 is 0 Å². The molecule has 2 heterocycles. The fourth-order valence-electron chi connectivity index (χ4n) is 3.42. The lowest BCUT2D eigenvalue weighted by Crippen LogP contribution is -2.63. The molecule has 1 aromatic carbocycles. The number of esters is 1. The minimum atomic E-state index is -2.33. The van der Waals surface area contributed by atoms with Crippen LogP contribution in [0.1, 0.15) is 5.56 Å². The number of aliphatic hydroxyl groups is 7. The van der Waals surface area contributed by atoms with Crippen LogP contribution in [0.25, 0.3) is 0 Å². The lowest BCUT2D eigenvalue weighted by Gasteiger charge is -2.42. The summed E-state index contributed by atoms with van der Waals surface area (Å²) in [6.07, 6.45) is -14.2. The van der Waals surface area contributed by atoms with Gasteiger partial charge in [0, 0.05) is 0 Å². The zero-order valence-electron chi connectivity index (χ0n) is 16.3. The van der Waals surface area contributed by atoms with Crippen LogP contribution in [0.3, 0.4) is 0 Å². The Morgan fingerprint density at radius 2 is 1.65 bits per heavy atom. The highest BCUT2D eigenvalue weighted by molar-refractivity contribution is 5.75. The topological polar surface area (TPSA) is 196 Å². The molecule has 12 heteroatoms. The van der Waals surface area contributed by atoms with E-state index in [4.69, 9.17) is 18.9 Å². The van der Waals surface area contributed by atoms with E-state index in [0.717, 1.165) is 0 Å². The molecule has 1 aromatic rings. The fraction of sp³-hybridized carbons (Fsp3) is 0.632. The number of rotatable bonds is 7. The summed E-state index contributed by atoms with van der Waals surface area (Å²) >= 11 is 0. The molecule has 2 fully saturated rings. The third-order valence-electron chi connectivity index (χ3n) is 5.25. The summed E-state index contributed by atoms with van der Waals surface area (Å²) in [6.45, 7) is -1.90. The van der Waals surface area contributed by atoms with Crippen LogP contribution in [-0.4, -0.2) is 110 Å². The Kier molecular flexibility index (Phi) is 7.59. The highest BCUT2D eigenvalue weighted by Crippen LogP contribution is 2.36. The Labute approximate surface area is 176 Å². The molecule has 7 N–H and O–H groups in total. The Bertz CT molecular complexity index is 732. The zero-order valence-corrected chi connectivity index (χ0v) is 16.3. The van der Waals surface area contributed by atoms with E-state index in [1.165, 1.54) is 0 Å². The smallest absolute Gasteiger partial charge is 0.338 e. The van der Waals surface area contributed by atoms with Crippen LogP contribution in [0.15, 0.2) is 30.3 Å². The SMILES string of the molecule is O=C(OCc1ccccc1)[C@H]1O[C@H](O[C@]2(CO)O[C@H](CO)[C@@H](O)[C@@H]2O)[C@H](O)[C@@H](O)[C@H]1O.